The molecule has 0 aliphatic heterocycles. The van der Waals surface area contributed by atoms with Gasteiger partial charge in [-0.05, 0) is 30.3 Å². The maximum absolute atomic E-state index is 11.8. The molecular weight excluding hydrogens is 280 g/mol. The van der Waals surface area contributed by atoms with Crippen molar-refractivity contribution in [3.63, 3.8) is 0 Å². The Morgan fingerprint density at radius 3 is 2.55 bits per heavy atom. The van der Waals surface area contributed by atoms with Gasteiger partial charge in [0.25, 0.3) is 5.56 Å². The molecule has 7 nitrogen and oxygen atoms in total. The predicted molar refractivity (Wildman–Crippen MR) is 75.0 cm³/mol. The van der Waals surface area contributed by atoms with Crippen LogP contribution in [0.2, 0.25) is 0 Å². The van der Waals surface area contributed by atoms with Crippen molar-refractivity contribution in [2.45, 2.75) is 4.90 Å². The monoisotopic (exact) mass is 290 g/mol. The highest BCUT2D eigenvalue weighted by molar-refractivity contribution is 7.72. The minimum absolute atomic E-state index is 0.232. The van der Waals surface area contributed by atoms with Gasteiger partial charge >= 0.3 is 0 Å². The standard InChI is InChI=1S/C12H10N4O3S/c17-12-10-9(5-6-13-12)15-16-11(10)14-7-1-3-8(4-2-7)20(18)19/h1-6,20H,(H,13,17)(H2,14,15,16). The van der Waals surface area contributed by atoms with Crippen molar-refractivity contribution in [1.82, 2.24) is 15.2 Å². The summed E-state index contributed by atoms with van der Waals surface area (Å²) >= 11 is 0. The molecule has 3 N–H and O–H groups in total. The summed E-state index contributed by atoms with van der Waals surface area (Å²) in [7, 11) is -2.60. The van der Waals surface area contributed by atoms with Crippen molar-refractivity contribution in [2.75, 3.05) is 5.32 Å². The topological polar surface area (TPSA) is 108 Å². The third-order valence-corrected chi connectivity index (χ3v) is 3.55. The van der Waals surface area contributed by atoms with E-state index in [1.165, 1.54) is 18.3 Å². The average Bonchev–Trinajstić information content (AvgIpc) is 2.84. The number of fused-ring (bicyclic) bond motifs is 1. The number of H-pyrrole nitrogens is 2. The molecule has 0 aliphatic rings. The van der Waals surface area contributed by atoms with Gasteiger partial charge in [-0.1, -0.05) is 0 Å². The number of aromatic amines is 2. The summed E-state index contributed by atoms with van der Waals surface area (Å²) in [6, 6.07) is 7.89. The van der Waals surface area contributed by atoms with Gasteiger partial charge in [0.05, 0.1) is 10.4 Å². The molecule has 8 heteroatoms. The fraction of sp³-hybridized carbons (Fsp3) is 0. The molecule has 0 saturated carbocycles. The summed E-state index contributed by atoms with van der Waals surface area (Å²) in [6.45, 7) is 0. The molecule has 0 unspecified atom stereocenters. The molecule has 3 aromatic rings. The van der Waals surface area contributed by atoms with Crippen molar-refractivity contribution in [2.24, 2.45) is 0 Å². The lowest BCUT2D eigenvalue weighted by Gasteiger charge is -2.03. The number of thiol groups is 1. The molecule has 102 valence electrons. The van der Waals surface area contributed by atoms with Gasteiger partial charge in [0.15, 0.2) is 16.5 Å². The molecule has 2 aromatic heterocycles. The van der Waals surface area contributed by atoms with E-state index in [0.717, 1.165) is 0 Å². The van der Waals surface area contributed by atoms with Crippen LogP contribution < -0.4 is 10.9 Å². The lowest BCUT2D eigenvalue weighted by molar-refractivity contribution is 0.614. The van der Waals surface area contributed by atoms with Gasteiger partial charge < -0.3 is 10.3 Å². The van der Waals surface area contributed by atoms with Crippen LogP contribution in [0.4, 0.5) is 11.5 Å². The van der Waals surface area contributed by atoms with Crippen molar-refractivity contribution in [3.8, 4) is 0 Å². The van der Waals surface area contributed by atoms with Crippen LogP contribution in [0.15, 0.2) is 46.2 Å². The number of aromatic nitrogens is 3. The van der Waals surface area contributed by atoms with Gasteiger partial charge in [0, 0.05) is 11.9 Å². The molecule has 0 amide bonds. The zero-order valence-corrected chi connectivity index (χ0v) is 11.0. The molecule has 20 heavy (non-hydrogen) atoms. The highest BCUT2D eigenvalue weighted by Crippen LogP contribution is 2.20. The number of hydrogen-bond acceptors (Lipinski definition) is 5. The second-order valence-electron chi connectivity index (χ2n) is 4.10. The van der Waals surface area contributed by atoms with Crippen LogP contribution in [0.1, 0.15) is 0 Å². The molecule has 0 saturated heterocycles. The third kappa shape index (κ3) is 2.16. The fourth-order valence-corrected chi connectivity index (χ4v) is 2.26. The highest BCUT2D eigenvalue weighted by atomic mass is 32.2. The third-order valence-electron chi connectivity index (χ3n) is 2.83. The number of nitrogens with one attached hydrogen (secondary N) is 3. The van der Waals surface area contributed by atoms with Crippen LogP contribution in [0, 0.1) is 0 Å². The molecular formula is C12H10N4O3S. The van der Waals surface area contributed by atoms with Crippen LogP contribution in [-0.2, 0) is 10.7 Å². The van der Waals surface area contributed by atoms with Gasteiger partial charge in [-0.2, -0.15) is 5.10 Å². The van der Waals surface area contributed by atoms with Crippen molar-refractivity contribution >= 4 is 33.1 Å². The first kappa shape index (κ1) is 12.4. The minimum atomic E-state index is -2.60. The second kappa shape index (κ2) is 4.82. The van der Waals surface area contributed by atoms with Crippen LogP contribution in [0.3, 0.4) is 0 Å². The molecule has 2 heterocycles. The molecule has 0 bridgehead atoms. The lowest BCUT2D eigenvalue weighted by Crippen LogP contribution is -2.05. The largest absolute Gasteiger partial charge is 0.338 e. The number of anilines is 2. The molecule has 1 aromatic carbocycles. The average molecular weight is 290 g/mol. The van der Waals surface area contributed by atoms with E-state index in [0.29, 0.717) is 22.4 Å². The molecule has 0 fully saturated rings. The van der Waals surface area contributed by atoms with E-state index < -0.39 is 10.7 Å². The quantitative estimate of drug-likeness (QED) is 0.537. The number of pyridine rings is 1. The van der Waals surface area contributed by atoms with Gasteiger partial charge in [0.2, 0.25) is 0 Å². The Bertz CT molecular complexity index is 885. The van der Waals surface area contributed by atoms with Gasteiger partial charge in [0.1, 0.15) is 5.39 Å². The predicted octanol–water partition coefficient (Wildman–Crippen LogP) is 0.965. The number of benzene rings is 1. The lowest BCUT2D eigenvalue weighted by atomic mass is 10.3. The Morgan fingerprint density at radius 1 is 1.10 bits per heavy atom. The minimum Gasteiger partial charge on any atom is -0.338 e. The van der Waals surface area contributed by atoms with Crippen LogP contribution in [0.5, 0.6) is 0 Å². The second-order valence-corrected chi connectivity index (χ2v) is 5.13. The van der Waals surface area contributed by atoms with E-state index in [2.05, 4.69) is 20.5 Å². The normalized spacial score (nSPS) is 11.1. The summed E-state index contributed by atoms with van der Waals surface area (Å²) in [6.07, 6.45) is 1.53. The van der Waals surface area contributed by atoms with Crippen LogP contribution in [-0.4, -0.2) is 23.6 Å². The Kier molecular flexibility index (Phi) is 2.99. The zero-order valence-electron chi connectivity index (χ0n) is 10.1. The maximum Gasteiger partial charge on any atom is 0.261 e. The zero-order chi connectivity index (χ0) is 14.1. The highest BCUT2D eigenvalue weighted by Gasteiger charge is 2.09. The van der Waals surface area contributed by atoms with Crippen molar-refractivity contribution in [3.05, 3.63) is 46.9 Å². The summed E-state index contributed by atoms with van der Waals surface area (Å²) in [5, 5.41) is 10.2. The smallest absolute Gasteiger partial charge is 0.261 e. The Labute approximate surface area is 114 Å². The summed E-state index contributed by atoms with van der Waals surface area (Å²) in [5.41, 5.74) is 1.01. The van der Waals surface area contributed by atoms with E-state index in [4.69, 9.17) is 0 Å². The van der Waals surface area contributed by atoms with E-state index in [-0.39, 0.29) is 10.5 Å². The van der Waals surface area contributed by atoms with Gasteiger partial charge in [-0.25, -0.2) is 8.42 Å². The van der Waals surface area contributed by atoms with Gasteiger partial charge in [-0.3, -0.25) is 9.89 Å². The first-order valence-corrected chi connectivity index (χ1v) is 6.90. The molecule has 0 atom stereocenters. The fourth-order valence-electron chi connectivity index (χ4n) is 1.87. The Balaban J connectivity index is 1.99. The van der Waals surface area contributed by atoms with Crippen LogP contribution >= 0.6 is 0 Å². The van der Waals surface area contributed by atoms with Crippen LogP contribution in [0.25, 0.3) is 10.9 Å². The first-order valence-electron chi connectivity index (χ1n) is 5.72. The van der Waals surface area contributed by atoms with Gasteiger partial charge in [-0.15, -0.1) is 0 Å². The van der Waals surface area contributed by atoms with Crippen molar-refractivity contribution in [1.29, 1.82) is 0 Å². The maximum atomic E-state index is 11.8. The molecule has 0 aliphatic carbocycles. The number of nitrogens with zero attached hydrogens (tertiary/aromatic N) is 1. The van der Waals surface area contributed by atoms with E-state index in [9.17, 15) is 13.2 Å². The Morgan fingerprint density at radius 2 is 1.85 bits per heavy atom. The summed E-state index contributed by atoms with van der Waals surface area (Å²) in [5.74, 6) is 0.390. The number of hydrogen-bond donors (Lipinski definition) is 4. The van der Waals surface area contributed by atoms with E-state index in [1.807, 2.05) is 0 Å². The summed E-state index contributed by atoms with van der Waals surface area (Å²) in [4.78, 5) is 14.6. The molecule has 3 rings (SSSR count). The first-order chi connectivity index (χ1) is 9.65. The molecule has 0 spiro atoms. The number of rotatable bonds is 3. The Hall–Kier alpha value is -2.61. The SMILES string of the molecule is O=c1[nH]ccc2[nH]nc(Nc3ccc([SH](=O)=O)cc3)c12. The van der Waals surface area contributed by atoms with E-state index in [1.54, 1.807) is 18.2 Å². The summed E-state index contributed by atoms with van der Waals surface area (Å²) < 4.78 is 21.6. The molecule has 0 radical (unpaired) electrons. The van der Waals surface area contributed by atoms with Crippen molar-refractivity contribution < 1.29 is 8.42 Å². The van der Waals surface area contributed by atoms with E-state index >= 15 is 0 Å².